The predicted molar refractivity (Wildman–Crippen MR) is 39.4 cm³/mol. The second-order valence-corrected chi connectivity index (χ2v) is 2.30. The standard InChI is InChI=1S/C5H4Cl2N2O/c6-2-4-8-3(7)1-5(10)9-4/h1H,2H2,(H,8,9,10). The molecule has 0 bridgehead atoms. The highest BCUT2D eigenvalue weighted by atomic mass is 35.5. The van der Waals surface area contributed by atoms with E-state index in [2.05, 4.69) is 9.97 Å². The number of alkyl halides is 1. The first kappa shape index (κ1) is 7.57. The van der Waals surface area contributed by atoms with Gasteiger partial charge in [0.2, 0.25) is 0 Å². The number of nitrogens with one attached hydrogen (secondary N) is 1. The van der Waals surface area contributed by atoms with Crippen LogP contribution in [0.25, 0.3) is 0 Å². The molecule has 1 aromatic heterocycles. The molecule has 0 atom stereocenters. The first-order chi connectivity index (χ1) is 4.72. The predicted octanol–water partition coefficient (Wildman–Crippen LogP) is 1.16. The van der Waals surface area contributed by atoms with Crippen LogP contribution < -0.4 is 5.56 Å². The topological polar surface area (TPSA) is 45.8 Å². The van der Waals surface area contributed by atoms with Crippen LogP contribution in [0.1, 0.15) is 5.82 Å². The Morgan fingerprint density at radius 3 is 2.90 bits per heavy atom. The lowest BCUT2D eigenvalue weighted by Crippen LogP contribution is -2.08. The molecule has 0 aliphatic rings. The highest BCUT2D eigenvalue weighted by Gasteiger charge is 1.95. The van der Waals surface area contributed by atoms with Gasteiger partial charge in [0.25, 0.3) is 5.56 Å². The van der Waals surface area contributed by atoms with Gasteiger partial charge in [-0.1, -0.05) is 11.6 Å². The van der Waals surface area contributed by atoms with Gasteiger partial charge in [-0.3, -0.25) is 4.79 Å². The normalized spacial score (nSPS) is 9.80. The maximum absolute atomic E-state index is 10.6. The van der Waals surface area contributed by atoms with E-state index in [9.17, 15) is 4.79 Å². The van der Waals surface area contributed by atoms with E-state index in [1.165, 1.54) is 6.07 Å². The minimum absolute atomic E-state index is 0.163. The summed E-state index contributed by atoms with van der Waals surface area (Å²) in [5, 5.41) is 0.166. The second kappa shape index (κ2) is 3.03. The van der Waals surface area contributed by atoms with Crippen LogP contribution in [0.3, 0.4) is 0 Å². The van der Waals surface area contributed by atoms with Gasteiger partial charge in [0.15, 0.2) is 0 Å². The van der Waals surface area contributed by atoms with Crippen LogP contribution in [0.5, 0.6) is 0 Å². The number of aromatic amines is 1. The summed E-state index contributed by atoms with van der Waals surface area (Å²) in [4.78, 5) is 16.8. The largest absolute Gasteiger partial charge is 0.309 e. The molecule has 0 unspecified atom stereocenters. The molecule has 3 nitrogen and oxygen atoms in total. The zero-order valence-electron chi connectivity index (χ0n) is 4.90. The molecule has 1 rings (SSSR count). The van der Waals surface area contributed by atoms with Crippen molar-refractivity contribution in [3.63, 3.8) is 0 Å². The Morgan fingerprint density at radius 1 is 1.70 bits per heavy atom. The van der Waals surface area contributed by atoms with E-state index < -0.39 is 0 Å². The van der Waals surface area contributed by atoms with Crippen molar-refractivity contribution in [3.8, 4) is 0 Å². The average Bonchev–Trinajstić information content (AvgIpc) is 1.85. The number of halogens is 2. The minimum atomic E-state index is -0.282. The molecule has 54 valence electrons. The Balaban J connectivity index is 3.19. The highest BCUT2D eigenvalue weighted by molar-refractivity contribution is 6.29. The molecule has 0 radical (unpaired) electrons. The van der Waals surface area contributed by atoms with Crippen molar-refractivity contribution >= 4 is 23.2 Å². The van der Waals surface area contributed by atoms with Crippen molar-refractivity contribution in [2.24, 2.45) is 0 Å². The Bertz CT molecular complexity index is 283. The number of hydrogen-bond donors (Lipinski definition) is 1. The quantitative estimate of drug-likeness (QED) is 0.519. The monoisotopic (exact) mass is 178 g/mol. The third kappa shape index (κ3) is 1.72. The third-order valence-corrected chi connectivity index (χ3v) is 1.33. The van der Waals surface area contributed by atoms with E-state index in [1.807, 2.05) is 0 Å². The molecule has 1 N–H and O–H groups in total. The molecule has 1 heterocycles. The van der Waals surface area contributed by atoms with Gasteiger partial charge in [0, 0.05) is 6.07 Å². The number of hydrogen-bond acceptors (Lipinski definition) is 2. The van der Waals surface area contributed by atoms with Gasteiger partial charge >= 0.3 is 0 Å². The van der Waals surface area contributed by atoms with Crippen LogP contribution in [0.2, 0.25) is 5.15 Å². The van der Waals surface area contributed by atoms with Gasteiger partial charge in [-0.05, 0) is 0 Å². The molecular weight excluding hydrogens is 175 g/mol. The van der Waals surface area contributed by atoms with Crippen LogP contribution in [-0.2, 0) is 5.88 Å². The van der Waals surface area contributed by atoms with Crippen molar-refractivity contribution in [2.75, 3.05) is 0 Å². The second-order valence-electron chi connectivity index (χ2n) is 1.65. The van der Waals surface area contributed by atoms with Gasteiger partial charge < -0.3 is 4.98 Å². The van der Waals surface area contributed by atoms with Crippen molar-refractivity contribution in [1.82, 2.24) is 9.97 Å². The number of H-pyrrole nitrogens is 1. The Morgan fingerprint density at radius 2 is 2.40 bits per heavy atom. The third-order valence-electron chi connectivity index (χ3n) is 0.886. The molecule has 0 aliphatic heterocycles. The van der Waals surface area contributed by atoms with Gasteiger partial charge in [-0.2, -0.15) is 0 Å². The first-order valence-corrected chi connectivity index (χ1v) is 3.45. The van der Waals surface area contributed by atoms with E-state index in [0.717, 1.165) is 0 Å². The van der Waals surface area contributed by atoms with Gasteiger partial charge in [0.1, 0.15) is 11.0 Å². The van der Waals surface area contributed by atoms with E-state index in [-0.39, 0.29) is 16.6 Å². The molecule has 0 fully saturated rings. The molecule has 0 spiro atoms. The highest BCUT2D eigenvalue weighted by Crippen LogP contribution is 2.00. The molecule has 0 saturated carbocycles. The molecule has 0 aliphatic carbocycles. The Labute approximate surface area is 67.0 Å². The summed E-state index contributed by atoms with van der Waals surface area (Å²) >= 11 is 10.8. The lowest BCUT2D eigenvalue weighted by atomic mass is 10.6. The van der Waals surface area contributed by atoms with E-state index in [4.69, 9.17) is 23.2 Å². The fourth-order valence-electron chi connectivity index (χ4n) is 0.539. The smallest absolute Gasteiger partial charge is 0.252 e. The molecular formula is C5H4Cl2N2O. The lowest BCUT2D eigenvalue weighted by molar-refractivity contribution is 0.999. The number of aromatic nitrogens is 2. The van der Waals surface area contributed by atoms with Crippen LogP contribution in [0.15, 0.2) is 10.9 Å². The summed E-state index contributed by atoms with van der Waals surface area (Å²) in [7, 11) is 0. The van der Waals surface area contributed by atoms with Crippen LogP contribution in [0.4, 0.5) is 0 Å². The Hall–Kier alpha value is -0.540. The molecule has 0 amide bonds. The first-order valence-electron chi connectivity index (χ1n) is 2.54. The van der Waals surface area contributed by atoms with Crippen LogP contribution >= 0.6 is 23.2 Å². The van der Waals surface area contributed by atoms with Crippen molar-refractivity contribution in [3.05, 3.63) is 27.4 Å². The zero-order chi connectivity index (χ0) is 7.56. The fraction of sp³-hybridized carbons (Fsp3) is 0.200. The summed E-state index contributed by atoms with van der Waals surface area (Å²) in [6, 6.07) is 1.19. The summed E-state index contributed by atoms with van der Waals surface area (Å²) in [5.74, 6) is 0.551. The van der Waals surface area contributed by atoms with Gasteiger partial charge in [0.05, 0.1) is 5.88 Å². The number of rotatable bonds is 1. The average molecular weight is 179 g/mol. The number of nitrogens with zero attached hydrogens (tertiary/aromatic N) is 1. The van der Waals surface area contributed by atoms with E-state index in [1.54, 1.807) is 0 Å². The summed E-state index contributed by atoms with van der Waals surface area (Å²) in [5.41, 5.74) is -0.282. The van der Waals surface area contributed by atoms with Crippen LogP contribution in [0, 0.1) is 0 Å². The molecule has 1 aromatic rings. The molecule has 5 heteroatoms. The summed E-state index contributed by atoms with van der Waals surface area (Å²) in [6.07, 6.45) is 0. The van der Waals surface area contributed by atoms with Gasteiger partial charge in [-0.25, -0.2) is 4.98 Å². The van der Waals surface area contributed by atoms with Crippen molar-refractivity contribution in [2.45, 2.75) is 5.88 Å². The van der Waals surface area contributed by atoms with E-state index >= 15 is 0 Å². The van der Waals surface area contributed by atoms with Gasteiger partial charge in [-0.15, -0.1) is 11.6 Å². The maximum atomic E-state index is 10.6. The molecule has 10 heavy (non-hydrogen) atoms. The summed E-state index contributed by atoms with van der Waals surface area (Å²) < 4.78 is 0. The zero-order valence-corrected chi connectivity index (χ0v) is 6.41. The van der Waals surface area contributed by atoms with Crippen LogP contribution in [-0.4, -0.2) is 9.97 Å². The molecule has 0 saturated heterocycles. The van der Waals surface area contributed by atoms with Crippen molar-refractivity contribution < 1.29 is 0 Å². The Kier molecular flexibility index (Phi) is 2.29. The molecule has 0 aromatic carbocycles. The maximum Gasteiger partial charge on any atom is 0.252 e. The lowest BCUT2D eigenvalue weighted by Gasteiger charge is -1.92. The summed E-state index contributed by atoms with van der Waals surface area (Å²) in [6.45, 7) is 0. The SMILES string of the molecule is O=c1cc(Cl)nc(CCl)[nH]1. The van der Waals surface area contributed by atoms with E-state index in [0.29, 0.717) is 5.82 Å². The van der Waals surface area contributed by atoms with Crippen molar-refractivity contribution in [1.29, 1.82) is 0 Å². The fourth-order valence-corrected chi connectivity index (χ4v) is 0.867. The minimum Gasteiger partial charge on any atom is -0.309 e.